The van der Waals surface area contributed by atoms with Crippen LogP contribution in [0.4, 0.5) is 27.6 Å². The molecule has 0 aliphatic carbocycles. The van der Waals surface area contributed by atoms with Crippen LogP contribution >= 0.6 is 11.6 Å². The van der Waals surface area contributed by atoms with E-state index in [9.17, 15) is 30.8 Å². The Bertz CT molecular complexity index is 1760. The van der Waals surface area contributed by atoms with Gasteiger partial charge in [-0.2, -0.15) is 17.5 Å². The highest BCUT2D eigenvalue weighted by atomic mass is 35.5. The molecule has 1 amide bonds. The molecule has 46 heavy (non-hydrogen) atoms. The van der Waals surface area contributed by atoms with E-state index >= 15 is 4.39 Å². The molecule has 246 valence electrons. The largest absolute Gasteiger partial charge is 0.417 e. The molecule has 1 aromatic heterocycles. The SMILES string of the molecule is N[C@H](C(=O)Nc1cccc(F)c1CCC1C2CN2C2CCCS(=O)(=O)N1C2)[C@H](c1cncc(C(F)(F)F)c1)c1ccc(Cl)c(F)c1. The van der Waals surface area contributed by atoms with E-state index in [-0.39, 0.29) is 57.7 Å². The maximum absolute atomic E-state index is 15.3. The molecule has 3 aromatic rings. The molecule has 0 saturated carbocycles. The summed E-state index contributed by atoms with van der Waals surface area (Å²) >= 11 is 5.83. The number of carbonyl (C=O) groups is 1. The van der Waals surface area contributed by atoms with Crippen LogP contribution in [-0.4, -0.2) is 71.5 Å². The van der Waals surface area contributed by atoms with E-state index in [1.165, 1.54) is 30.3 Å². The first kappa shape index (κ1) is 32.8. The van der Waals surface area contributed by atoms with Crippen LogP contribution in [0.15, 0.2) is 54.9 Å². The molecule has 0 radical (unpaired) electrons. The summed E-state index contributed by atoms with van der Waals surface area (Å²) in [4.78, 5) is 19.6. The summed E-state index contributed by atoms with van der Waals surface area (Å²) in [6.45, 7) is 1.17. The van der Waals surface area contributed by atoms with Crippen molar-refractivity contribution in [1.82, 2.24) is 14.2 Å². The predicted octanol–water partition coefficient (Wildman–Crippen LogP) is 4.92. The van der Waals surface area contributed by atoms with Crippen molar-refractivity contribution in [2.75, 3.05) is 24.2 Å². The zero-order valence-corrected chi connectivity index (χ0v) is 25.9. The van der Waals surface area contributed by atoms with Gasteiger partial charge in [0.25, 0.3) is 0 Å². The Kier molecular flexibility index (Phi) is 8.87. The number of piperazine rings is 1. The molecule has 2 aromatic carbocycles. The summed E-state index contributed by atoms with van der Waals surface area (Å²) in [6.07, 6.45) is -1.20. The van der Waals surface area contributed by atoms with Crippen LogP contribution in [0.3, 0.4) is 0 Å². The number of amides is 1. The topological polar surface area (TPSA) is 108 Å². The van der Waals surface area contributed by atoms with Crippen molar-refractivity contribution in [3.63, 3.8) is 0 Å². The van der Waals surface area contributed by atoms with Gasteiger partial charge in [0.05, 0.1) is 22.4 Å². The van der Waals surface area contributed by atoms with Gasteiger partial charge in [-0.1, -0.05) is 23.7 Å². The molecular weight excluding hydrogens is 653 g/mol. The highest BCUT2D eigenvalue weighted by molar-refractivity contribution is 7.89. The molecule has 2 bridgehead atoms. The summed E-state index contributed by atoms with van der Waals surface area (Å²) in [5.41, 5.74) is 5.50. The maximum atomic E-state index is 15.3. The van der Waals surface area contributed by atoms with Crippen molar-refractivity contribution in [1.29, 1.82) is 0 Å². The van der Waals surface area contributed by atoms with Crippen molar-refractivity contribution in [2.24, 2.45) is 5.73 Å². The van der Waals surface area contributed by atoms with Gasteiger partial charge in [-0.25, -0.2) is 17.2 Å². The van der Waals surface area contributed by atoms with E-state index < -0.39 is 51.3 Å². The number of nitrogens with one attached hydrogen (secondary N) is 1. The number of anilines is 1. The van der Waals surface area contributed by atoms with Crippen LogP contribution in [0.25, 0.3) is 0 Å². The zero-order valence-electron chi connectivity index (χ0n) is 24.4. The number of fused-ring (bicyclic) bond motifs is 4. The molecule has 4 heterocycles. The quantitative estimate of drug-likeness (QED) is 0.258. The third-order valence-corrected chi connectivity index (χ3v) is 11.4. The van der Waals surface area contributed by atoms with E-state index in [2.05, 4.69) is 15.2 Å². The number of hydrogen-bond donors (Lipinski definition) is 2. The van der Waals surface area contributed by atoms with Crippen molar-refractivity contribution in [3.05, 3.63) is 93.8 Å². The lowest BCUT2D eigenvalue weighted by Gasteiger charge is -2.37. The second-order valence-electron chi connectivity index (χ2n) is 12.0. The van der Waals surface area contributed by atoms with Gasteiger partial charge in [-0.3, -0.25) is 14.7 Å². The first-order valence-corrected chi connectivity index (χ1v) is 16.8. The Morgan fingerprint density at radius 1 is 1.09 bits per heavy atom. The minimum Gasteiger partial charge on any atom is -0.324 e. The molecule has 7 atom stereocenters. The number of aromatic nitrogens is 1. The monoisotopic (exact) mass is 683 g/mol. The Hall–Kier alpha value is -3.17. The van der Waals surface area contributed by atoms with Gasteiger partial charge in [0.15, 0.2) is 0 Å². The van der Waals surface area contributed by atoms with Crippen LogP contribution in [0.2, 0.25) is 5.02 Å². The average Bonchev–Trinajstić information content (AvgIpc) is 3.81. The standard InChI is InChI=1S/C31H31ClF5N5O3S/c32-22-8-6-17(12-24(22)34)28(18-11-19(14-39-13-18)31(35,36)37)29(38)30(43)40-25-5-1-4-23(33)21(25)7-9-26-27-16-41(27)20-3-2-10-46(44,45)42(26)15-20/h1,4-6,8,11-14,20,26-29H,2-3,7,9-10,15-16,38H2,(H,40,43)/t20?,26?,27?,28-,29-,41?/m0/s1. The number of halogens is 6. The first-order valence-electron chi connectivity index (χ1n) is 14.8. The molecule has 3 saturated heterocycles. The number of benzene rings is 2. The third kappa shape index (κ3) is 6.50. The summed E-state index contributed by atoms with van der Waals surface area (Å²) in [6, 6.07) is 6.72. The van der Waals surface area contributed by atoms with E-state index in [1.54, 1.807) is 4.31 Å². The highest BCUT2D eigenvalue weighted by Crippen LogP contribution is 2.41. The van der Waals surface area contributed by atoms with Crippen LogP contribution in [0.5, 0.6) is 0 Å². The van der Waals surface area contributed by atoms with Gasteiger partial charge in [0.2, 0.25) is 15.9 Å². The van der Waals surface area contributed by atoms with Gasteiger partial charge < -0.3 is 11.1 Å². The van der Waals surface area contributed by atoms with Crippen molar-refractivity contribution >= 4 is 33.2 Å². The van der Waals surface area contributed by atoms with Crippen molar-refractivity contribution in [3.8, 4) is 0 Å². The fourth-order valence-electron chi connectivity index (χ4n) is 6.79. The molecule has 15 heteroatoms. The van der Waals surface area contributed by atoms with Crippen LogP contribution in [0.1, 0.15) is 47.4 Å². The van der Waals surface area contributed by atoms with Gasteiger partial charge in [-0.15, -0.1) is 0 Å². The van der Waals surface area contributed by atoms with Crippen molar-refractivity contribution in [2.45, 2.75) is 61.9 Å². The Labute approximate surface area is 267 Å². The number of rotatable bonds is 8. The van der Waals surface area contributed by atoms with E-state index in [4.69, 9.17) is 17.3 Å². The maximum Gasteiger partial charge on any atom is 0.417 e. The summed E-state index contributed by atoms with van der Waals surface area (Å²) in [7, 11) is -3.47. The number of hydrogen-bond acceptors (Lipinski definition) is 6. The van der Waals surface area contributed by atoms with Gasteiger partial charge in [0.1, 0.15) is 11.6 Å². The molecule has 8 nitrogen and oxygen atoms in total. The molecule has 3 fully saturated rings. The second kappa shape index (κ2) is 12.5. The van der Waals surface area contributed by atoms with Gasteiger partial charge in [0, 0.05) is 60.8 Å². The van der Waals surface area contributed by atoms with Gasteiger partial charge >= 0.3 is 6.18 Å². The fourth-order valence-corrected chi connectivity index (χ4v) is 8.73. The molecule has 3 aliphatic heterocycles. The lowest BCUT2D eigenvalue weighted by atomic mass is 9.85. The van der Waals surface area contributed by atoms with Gasteiger partial charge in [-0.05, 0) is 67.1 Å². The zero-order chi connectivity index (χ0) is 33.0. The molecular formula is C31H31ClF5N5O3S. The lowest BCUT2D eigenvalue weighted by Crippen LogP contribution is -2.53. The first-order chi connectivity index (χ1) is 21.7. The molecule has 6 rings (SSSR count). The van der Waals surface area contributed by atoms with Crippen LogP contribution in [-0.2, 0) is 27.4 Å². The molecule has 3 N–H and O–H groups in total. The highest BCUT2D eigenvalue weighted by Gasteiger charge is 2.55. The van der Waals surface area contributed by atoms with E-state index in [0.29, 0.717) is 25.6 Å². The number of alkyl halides is 3. The third-order valence-electron chi connectivity index (χ3n) is 9.14. The summed E-state index contributed by atoms with van der Waals surface area (Å²) in [5, 5.41) is 2.38. The minimum atomic E-state index is -4.75. The van der Waals surface area contributed by atoms with Crippen LogP contribution in [0, 0.1) is 11.6 Å². The normalized spacial score (nSPS) is 26.4. The number of carbonyl (C=O) groups excluding carboxylic acids is 1. The minimum absolute atomic E-state index is 0.0477. The number of pyridine rings is 1. The second-order valence-corrected chi connectivity index (χ2v) is 14.4. The number of sulfonamides is 1. The van der Waals surface area contributed by atoms with E-state index in [0.717, 1.165) is 31.3 Å². The lowest BCUT2D eigenvalue weighted by molar-refractivity contribution is -0.137. The van der Waals surface area contributed by atoms with Crippen molar-refractivity contribution < 1.29 is 35.2 Å². The molecule has 5 unspecified atom stereocenters. The Balaban J connectivity index is 1.26. The summed E-state index contributed by atoms with van der Waals surface area (Å²) in [5.74, 6) is -3.57. The fraction of sp³-hybridized carbons (Fsp3) is 0.419. The summed E-state index contributed by atoms with van der Waals surface area (Å²) < 4.78 is 98.0. The number of nitrogens with zero attached hydrogens (tertiary/aromatic N) is 3. The molecule has 3 aliphatic rings. The average molecular weight is 684 g/mol. The van der Waals surface area contributed by atoms with E-state index in [1.807, 2.05) is 0 Å². The smallest absolute Gasteiger partial charge is 0.324 e. The van der Waals surface area contributed by atoms with Crippen LogP contribution < -0.4 is 11.1 Å². The Morgan fingerprint density at radius 3 is 2.61 bits per heavy atom. The molecule has 0 spiro atoms. The Morgan fingerprint density at radius 2 is 1.87 bits per heavy atom. The predicted molar refractivity (Wildman–Crippen MR) is 162 cm³/mol. The number of nitrogens with two attached hydrogens (primary N) is 1.